The average Bonchev–Trinajstić information content (AvgIpc) is 1.77. The molecule has 19 atom stereocenters. The Balaban J connectivity index is 0.000000774. The number of nitrogens with one attached hydrogen (secondary N) is 4. The molecule has 2 fully saturated rings. The lowest BCUT2D eigenvalue weighted by Crippen LogP contribution is -2.56. The molecule has 766 valence electrons. The Morgan fingerprint density at radius 1 is 0.507 bits per heavy atom. The van der Waals surface area contributed by atoms with Crippen molar-refractivity contribution in [2.24, 2.45) is 59.0 Å². The summed E-state index contributed by atoms with van der Waals surface area (Å²) in [5.41, 5.74) is 6.42. The third kappa shape index (κ3) is 39.9. The zero-order chi connectivity index (χ0) is 102. The summed E-state index contributed by atoms with van der Waals surface area (Å²) in [6.07, 6.45) is -0.494. The number of aliphatic carboxylic acids is 1. The lowest BCUT2D eigenvalue weighted by molar-refractivity contribution is -0.151. The lowest BCUT2D eigenvalue weighted by Gasteiger charge is -2.41. The largest absolute Gasteiger partial charge is 0.480 e. The van der Waals surface area contributed by atoms with Gasteiger partial charge in [-0.2, -0.15) is 0 Å². The van der Waals surface area contributed by atoms with Gasteiger partial charge in [0.25, 0.3) is 0 Å². The monoisotopic (exact) mass is 1900 g/mol. The Labute approximate surface area is 799 Å². The van der Waals surface area contributed by atoms with E-state index >= 15 is 0 Å². The van der Waals surface area contributed by atoms with Gasteiger partial charge in [-0.1, -0.05) is 170 Å². The van der Waals surface area contributed by atoms with Gasteiger partial charge >= 0.3 is 30.1 Å². The number of benzene rings is 2. The number of amides is 8. The number of ether oxygens (including phenoxy) is 10. The van der Waals surface area contributed by atoms with E-state index in [4.69, 9.17) is 58.2 Å². The maximum atomic E-state index is 14.6. The maximum absolute atomic E-state index is 14.6. The summed E-state index contributed by atoms with van der Waals surface area (Å²) in [5.74, 6) is -6.24. The summed E-state index contributed by atoms with van der Waals surface area (Å²) < 4.78 is 55.1. The zero-order valence-electron chi connectivity index (χ0n) is 86.3. The van der Waals surface area contributed by atoms with Crippen molar-refractivity contribution in [2.45, 2.75) is 299 Å². The highest BCUT2D eigenvalue weighted by molar-refractivity contribution is 5.91. The molecule has 8 amide bonds. The van der Waals surface area contributed by atoms with Crippen LogP contribution in [0.3, 0.4) is 0 Å². The first-order valence-electron chi connectivity index (χ1n) is 47.6. The van der Waals surface area contributed by atoms with E-state index in [2.05, 4.69) is 21.3 Å². The Morgan fingerprint density at radius 2 is 0.910 bits per heavy atom. The molecule has 2 aromatic carbocycles. The number of carboxylic acid groups (broad SMARTS) is 1. The summed E-state index contributed by atoms with van der Waals surface area (Å²) in [6.45, 7) is 41.7. The first kappa shape index (κ1) is 122. The molecule has 134 heavy (non-hydrogen) atoms. The highest BCUT2D eigenvalue weighted by Gasteiger charge is 2.47. The van der Waals surface area contributed by atoms with Crippen molar-refractivity contribution < 1.29 is 115 Å². The van der Waals surface area contributed by atoms with Crippen molar-refractivity contribution in [1.82, 2.24) is 50.7 Å². The van der Waals surface area contributed by atoms with Crippen LogP contribution in [-0.2, 0) is 102 Å². The fourth-order valence-corrected chi connectivity index (χ4v) is 17.4. The summed E-state index contributed by atoms with van der Waals surface area (Å²) >= 11 is 0. The number of alkyl carbamates (subject to hydrolysis) is 2. The normalized spacial score (nSPS) is 17.9. The molecular weight excluding hydrogens is 1730 g/mol. The third-order valence-electron chi connectivity index (χ3n) is 25.2. The molecule has 0 saturated carbocycles. The standard InChI is InChI=1S/C50H85N5O12.C34H56N4O7.C15H30N2O5/c1-16-33(6)43(54(12)47(60)36(31(2)3)29-38(56)42(32(4)5)53(11)26-28-66-27-24-51-49(62)67-50(8,9)10)39(63-13)30-40(57)55-25-20-23-37(55)45(64-14)34(7)46(59)52-41(48(61)65-15)44(58)35-21-18-17-19-22-35;1-10-22(4)30(37(6)33(41)29(35)21(2)3)27(43-7)20-28(39)38-18-14-17-26(38)31(44-8)23(5)32(40)36-25(34(42)45-9)19-24-15-12-11-13-16-24;1-11(2)12(13(18)19)17(6)8-10-21-9-7-16-14(20)22-15(3,4)5/h17-19,21-22,31-34,36-37,39,41-45,58H,16,20,23-30H2,1-15H3,(H,51,62)(H,52,59);11-13,15-16,21-23,25-27,29-31H,10,14,17-20,35H2,1-9H3,(H,36,40);11-12H,7-10H2,1-6H3,(H,16,20)(H,18,19)/t33-,34+,36-,37-,39+,41-,42-,43-,44-,45+;22-,23+,25-,26-,27+,29-,30-,31+;12-/m000/s1. The molecule has 2 aromatic rings. The van der Waals surface area contributed by atoms with Crippen molar-refractivity contribution in [3.05, 3.63) is 71.8 Å². The fourth-order valence-electron chi connectivity index (χ4n) is 17.4. The van der Waals surface area contributed by atoms with E-state index in [1.165, 1.54) is 35.5 Å². The maximum Gasteiger partial charge on any atom is 0.407 e. The van der Waals surface area contributed by atoms with E-state index < -0.39 is 138 Å². The van der Waals surface area contributed by atoms with Crippen LogP contribution in [0, 0.1) is 53.3 Å². The van der Waals surface area contributed by atoms with E-state index in [9.17, 15) is 62.6 Å². The quantitative estimate of drug-likeness (QED) is 0.0184. The second-order valence-electron chi connectivity index (χ2n) is 38.9. The number of likely N-dealkylation sites (N-methyl/N-ethyl adjacent to an activating group) is 4. The van der Waals surface area contributed by atoms with Gasteiger partial charge in [-0.3, -0.25) is 48.2 Å². The number of hydrogen-bond donors (Lipinski definition) is 7. The molecule has 2 aliphatic heterocycles. The molecule has 0 radical (unpaired) electrons. The van der Waals surface area contributed by atoms with Crippen molar-refractivity contribution in [3.8, 4) is 0 Å². The van der Waals surface area contributed by atoms with Crippen molar-refractivity contribution >= 4 is 71.3 Å². The van der Waals surface area contributed by atoms with Gasteiger partial charge < -0.3 is 104 Å². The van der Waals surface area contributed by atoms with Crippen molar-refractivity contribution in [2.75, 3.05) is 137 Å². The number of methoxy groups -OCH3 is 6. The van der Waals surface area contributed by atoms with Crippen LogP contribution < -0.4 is 27.0 Å². The molecule has 35 heteroatoms. The molecule has 4 rings (SSSR count). The predicted molar refractivity (Wildman–Crippen MR) is 513 cm³/mol. The van der Waals surface area contributed by atoms with Gasteiger partial charge in [0.2, 0.25) is 35.4 Å². The van der Waals surface area contributed by atoms with Crippen LogP contribution in [0.2, 0.25) is 0 Å². The number of carbonyl (C=O) groups is 12. The number of likely N-dealkylation sites (tertiary alicyclic amines) is 2. The Hall–Kier alpha value is -8.52. The molecule has 2 saturated heterocycles. The van der Waals surface area contributed by atoms with Crippen LogP contribution in [0.5, 0.6) is 0 Å². The molecule has 0 unspecified atom stereocenters. The SMILES string of the molecule is CC(C)[C@@H](C(=O)O)N(C)CCOCCNC(=O)OC(C)(C)C.CC[C@H](C)[C@@H]([C@@H](CC(=O)N1CCC[C@H]1[C@H](OC)[C@@H](C)C(=O)N[C@@H](Cc1ccccc1)C(=O)OC)OC)N(C)C(=O)[C@@H](N)C(C)C.CC[C@H](C)[C@@H]([C@@H](CC(=O)N1CCC[C@H]1[C@H](OC)[C@@H](C)C(=O)N[C@H](C(=O)OC)[C@@H](O)c1ccccc1)OC)N(C)C(=O)[C@@H](CC(=O)[C@H](C(C)C)N(C)CCOCCNC(=O)OC(C)(C)C)C(C)C. The number of esters is 2. The highest BCUT2D eigenvalue weighted by Crippen LogP contribution is 2.34. The number of carbonyl (C=O) groups excluding carboxylic acids is 11. The molecule has 35 nitrogen and oxygen atoms in total. The molecular formula is C99H171N11O24. The number of aliphatic hydroxyl groups is 1. The Bertz CT molecular complexity index is 3850. The molecule has 0 aromatic heterocycles. The summed E-state index contributed by atoms with van der Waals surface area (Å²) in [4.78, 5) is 168. The van der Waals surface area contributed by atoms with Gasteiger partial charge in [0.05, 0.1) is 126 Å². The minimum absolute atomic E-state index is 0.0244. The van der Waals surface area contributed by atoms with Crippen LogP contribution in [-0.4, -0.2) is 337 Å². The molecule has 2 heterocycles. The zero-order valence-corrected chi connectivity index (χ0v) is 86.3. The van der Waals surface area contributed by atoms with Crippen LogP contribution in [0.25, 0.3) is 0 Å². The first-order chi connectivity index (χ1) is 62.8. The molecule has 0 spiro atoms. The van der Waals surface area contributed by atoms with Gasteiger partial charge in [-0.15, -0.1) is 0 Å². The van der Waals surface area contributed by atoms with E-state index in [-0.39, 0.29) is 122 Å². The second-order valence-corrected chi connectivity index (χ2v) is 38.9. The van der Waals surface area contributed by atoms with Gasteiger partial charge in [0, 0.05) is 101 Å². The number of rotatable bonds is 54. The number of aliphatic hydroxyl groups excluding tert-OH is 1. The van der Waals surface area contributed by atoms with Gasteiger partial charge in [-0.05, 0) is 128 Å². The minimum atomic E-state index is -1.38. The van der Waals surface area contributed by atoms with E-state index in [0.29, 0.717) is 83.8 Å². The smallest absolute Gasteiger partial charge is 0.407 e. The van der Waals surface area contributed by atoms with Gasteiger partial charge in [0.1, 0.15) is 29.4 Å². The molecule has 8 N–H and O–H groups in total. The number of nitrogens with two attached hydrogens (primary N) is 1. The van der Waals surface area contributed by atoms with Crippen molar-refractivity contribution in [3.63, 3.8) is 0 Å². The Morgan fingerprint density at radius 3 is 1.28 bits per heavy atom. The number of ketones is 1. The third-order valence-corrected chi connectivity index (χ3v) is 25.2. The molecule has 0 aliphatic carbocycles. The first-order valence-corrected chi connectivity index (χ1v) is 47.6. The lowest BCUT2D eigenvalue weighted by atomic mass is 9.83. The minimum Gasteiger partial charge on any atom is -0.480 e. The average molecular weight is 1900 g/mol. The number of carboxylic acids is 1. The summed E-state index contributed by atoms with van der Waals surface area (Å²) in [6, 6.07) is 12.3. The van der Waals surface area contributed by atoms with Gasteiger partial charge in [-0.25, -0.2) is 19.2 Å². The van der Waals surface area contributed by atoms with Crippen LogP contribution in [0.4, 0.5) is 9.59 Å². The van der Waals surface area contributed by atoms with Gasteiger partial charge in [0.15, 0.2) is 11.8 Å². The fraction of sp³-hybridized carbons (Fsp3) is 0.758. The number of nitrogens with zero attached hydrogens (tertiary/aromatic N) is 6. The predicted octanol–water partition coefficient (Wildman–Crippen LogP) is 9.39. The van der Waals surface area contributed by atoms with E-state index in [0.717, 1.165) is 18.4 Å². The van der Waals surface area contributed by atoms with Crippen molar-refractivity contribution in [1.29, 1.82) is 0 Å². The topological polar surface area (TPSA) is 431 Å². The molecule has 0 bridgehead atoms. The van der Waals surface area contributed by atoms with Crippen LogP contribution in [0.1, 0.15) is 213 Å². The Kier molecular flexibility index (Phi) is 55.3. The van der Waals surface area contributed by atoms with E-state index in [1.54, 1.807) is 138 Å². The van der Waals surface area contributed by atoms with E-state index in [1.807, 2.05) is 125 Å². The number of hydrogen-bond acceptors (Lipinski definition) is 26. The van der Waals surface area contributed by atoms with Crippen LogP contribution >= 0.6 is 0 Å². The van der Waals surface area contributed by atoms with Crippen LogP contribution in [0.15, 0.2) is 60.7 Å². The highest BCUT2D eigenvalue weighted by atomic mass is 16.6. The summed E-state index contributed by atoms with van der Waals surface area (Å²) in [5, 5.41) is 31.0. The second kappa shape index (κ2) is 60.9. The number of Topliss-reactive ketones (excluding diaryl/α,β-unsaturated/α-hetero) is 1. The summed E-state index contributed by atoms with van der Waals surface area (Å²) in [7, 11) is 15.7. The molecule has 2 aliphatic rings.